The Morgan fingerprint density at radius 3 is 2.12 bits per heavy atom. The summed E-state index contributed by atoms with van der Waals surface area (Å²) in [6.45, 7) is 5.85. The van der Waals surface area contributed by atoms with E-state index in [1.807, 2.05) is 30.3 Å². The van der Waals surface area contributed by atoms with Crippen molar-refractivity contribution in [1.29, 1.82) is 0 Å². The average molecular weight is 650 g/mol. The number of nitrogens with one attached hydrogen (secondary N) is 1. The molecule has 0 radical (unpaired) electrons. The number of ether oxygens (including phenoxy) is 1. The van der Waals surface area contributed by atoms with Crippen LogP contribution >= 0.6 is 22.9 Å². The van der Waals surface area contributed by atoms with Crippen molar-refractivity contribution >= 4 is 34.5 Å². The number of aromatic nitrogens is 1. The Labute approximate surface area is 261 Å². The monoisotopic (exact) mass is 648 g/mol. The maximum atomic E-state index is 12.8. The van der Waals surface area contributed by atoms with E-state index in [2.05, 4.69) is 47.6 Å². The highest BCUT2D eigenvalue weighted by Crippen LogP contribution is 2.25. The van der Waals surface area contributed by atoms with Gasteiger partial charge in [-0.1, -0.05) is 119 Å². The standard InChI is InChI=1S/C33H45ClN2O2S.BrH/c1-3-4-5-6-7-8-9-10-11-12-13-14-21-38-32-23-30(34)18-17-29(32)22-33(37)35-31-19-15-28(16-20-31)25-36-24-27(2)39-26-36;/h15-20,23-24,26H,3-14,21-22,25H2,1-2H3;1H. The topological polar surface area (TPSA) is 42.2 Å². The van der Waals surface area contributed by atoms with Gasteiger partial charge in [0, 0.05) is 21.8 Å². The van der Waals surface area contributed by atoms with Crippen LogP contribution in [-0.4, -0.2) is 12.5 Å². The Morgan fingerprint density at radius 1 is 0.900 bits per heavy atom. The number of unbranched alkanes of at least 4 members (excludes halogenated alkanes) is 11. The number of halogens is 2. The van der Waals surface area contributed by atoms with Gasteiger partial charge in [0.2, 0.25) is 11.4 Å². The lowest BCUT2D eigenvalue weighted by atomic mass is 10.1. The van der Waals surface area contributed by atoms with Gasteiger partial charge in [-0.15, -0.1) is 0 Å². The summed E-state index contributed by atoms with van der Waals surface area (Å²) >= 11 is 7.97. The van der Waals surface area contributed by atoms with E-state index < -0.39 is 0 Å². The number of hydrogen-bond acceptors (Lipinski definition) is 3. The smallest absolute Gasteiger partial charge is 0.228 e. The van der Waals surface area contributed by atoms with E-state index in [0.29, 0.717) is 17.4 Å². The van der Waals surface area contributed by atoms with Gasteiger partial charge in [0.05, 0.1) is 17.9 Å². The molecule has 0 spiro atoms. The van der Waals surface area contributed by atoms with Gasteiger partial charge in [-0.3, -0.25) is 4.79 Å². The fraction of sp³-hybridized carbons (Fsp3) is 0.515. The summed E-state index contributed by atoms with van der Waals surface area (Å²) in [6.07, 6.45) is 18.2. The van der Waals surface area contributed by atoms with Crippen molar-refractivity contribution in [2.75, 3.05) is 11.9 Å². The minimum absolute atomic E-state index is 0. The Bertz CT molecular complexity index is 1120. The second-order valence-electron chi connectivity index (χ2n) is 10.5. The number of hydrogen-bond donors (Lipinski definition) is 1. The van der Waals surface area contributed by atoms with Crippen molar-refractivity contribution < 1.29 is 31.1 Å². The van der Waals surface area contributed by atoms with Gasteiger partial charge in [-0.25, -0.2) is 0 Å². The first kappa shape index (κ1) is 34.3. The number of rotatable bonds is 19. The van der Waals surface area contributed by atoms with E-state index in [4.69, 9.17) is 16.3 Å². The molecular weight excluding hydrogens is 604 g/mol. The second-order valence-corrected chi connectivity index (χ2v) is 12.1. The summed E-state index contributed by atoms with van der Waals surface area (Å²) < 4.78 is 8.24. The van der Waals surface area contributed by atoms with Crippen molar-refractivity contribution in [3.63, 3.8) is 0 Å². The molecular formula is C33H46BrClN2O2S. The fourth-order valence-electron chi connectivity index (χ4n) is 4.74. The molecule has 0 saturated carbocycles. The lowest BCUT2D eigenvalue weighted by Crippen LogP contribution is -3.00. The predicted molar refractivity (Wildman–Crippen MR) is 165 cm³/mol. The molecule has 0 aliphatic heterocycles. The van der Waals surface area contributed by atoms with Crippen LogP contribution in [0, 0.1) is 6.92 Å². The van der Waals surface area contributed by atoms with Crippen LogP contribution in [0.15, 0.2) is 54.2 Å². The van der Waals surface area contributed by atoms with Crippen molar-refractivity contribution in [3.05, 3.63) is 75.2 Å². The molecule has 0 saturated heterocycles. The van der Waals surface area contributed by atoms with Crippen LogP contribution in [0.3, 0.4) is 0 Å². The molecule has 7 heteroatoms. The highest BCUT2D eigenvalue weighted by Gasteiger charge is 2.11. The third-order valence-electron chi connectivity index (χ3n) is 6.96. The van der Waals surface area contributed by atoms with Crippen LogP contribution in [0.4, 0.5) is 5.69 Å². The van der Waals surface area contributed by atoms with E-state index in [9.17, 15) is 4.79 Å². The van der Waals surface area contributed by atoms with Crippen LogP contribution < -0.4 is 31.6 Å². The zero-order chi connectivity index (χ0) is 27.7. The molecule has 40 heavy (non-hydrogen) atoms. The van der Waals surface area contributed by atoms with E-state index >= 15 is 0 Å². The molecule has 1 heterocycles. The second kappa shape index (κ2) is 20.1. The third kappa shape index (κ3) is 13.6. The molecule has 1 aromatic heterocycles. The fourth-order valence-corrected chi connectivity index (χ4v) is 5.54. The van der Waals surface area contributed by atoms with E-state index in [1.165, 1.54) is 81.1 Å². The Hall–Kier alpha value is -1.89. The highest BCUT2D eigenvalue weighted by molar-refractivity contribution is 7.09. The molecule has 4 nitrogen and oxygen atoms in total. The summed E-state index contributed by atoms with van der Waals surface area (Å²) in [4.78, 5) is 14.1. The molecule has 1 N–H and O–H groups in total. The van der Waals surface area contributed by atoms with Gasteiger partial charge >= 0.3 is 0 Å². The Kier molecular flexibility index (Phi) is 17.2. The first-order valence-corrected chi connectivity index (χ1v) is 16.0. The molecule has 2 aromatic carbocycles. The van der Waals surface area contributed by atoms with Crippen LogP contribution in [0.25, 0.3) is 0 Å². The summed E-state index contributed by atoms with van der Waals surface area (Å²) in [5.74, 6) is 0.641. The molecule has 0 unspecified atom stereocenters. The first-order chi connectivity index (χ1) is 19.0. The number of thiazole rings is 1. The molecule has 0 aliphatic rings. The van der Waals surface area contributed by atoms with Crippen molar-refractivity contribution in [1.82, 2.24) is 0 Å². The van der Waals surface area contributed by atoms with Crippen molar-refractivity contribution in [2.45, 2.75) is 104 Å². The number of carbonyl (C=O) groups is 1. The van der Waals surface area contributed by atoms with Crippen LogP contribution in [0.1, 0.15) is 100.0 Å². The van der Waals surface area contributed by atoms with Gasteiger partial charge in [0.1, 0.15) is 5.75 Å². The highest BCUT2D eigenvalue weighted by atomic mass is 79.9. The van der Waals surface area contributed by atoms with Crippen LogP contribution in [0.5, 0.6) is 5.75 Å². The largest absolute Gasteiger partial charge is 1.00 e. The third-order valence-corrected chi connectivity index (χ3v) is 8.05. The molecule has 0 atom stereocenters. The molecule has 0 aliphatic carbocycles. The number of aryl methyl sites for hydroxylation is 1. The van der Waals surface area contributed by atoms with E-state index in [0.717, 1.165) is 24.2 Å². The molecule has 220 valence electrons. The summed E-state index contributed by atoms with van der Waals surface area (Å²) in [5.41, 5.74) is 4.97. The van der Waals surface area contributed by atoms with Gasteiger partial charge < -0.3 is 27.0 Å². The maximum absolute atomic E-state index is 12.8. The predicted octanol–water partition coefficient (Wildman–Crippen LogP) is 6.31. The minimum atomic E-state index is -0.0666. The molecule has 3 rings (SSSR count). The number of anilines is 1. The van der Waals surface area contributed by atoms with Crippen molar-refractivity contribution in [2.24, 2.45) is 0 Å². The lowest BCUT2D eigenvalue weighted by molar-refractivity contribution is -0.683. The van der Waals surface area contributed by atoms with Crippen molar-refractivity contribution in [3.8, 4) is 5.75 Å². The molecule has 0 bridgehead atoms. The summed E-state index contributed by atoms with van der Waals surface area (Å²) in [5, 5.41) is 3.64. The van der Waals surface area contributed by atoms with Gasteiger partial charge in [-0.05, 0) is 37.6 Å². The normalized spacial score (nSPS) is 10.8. The Morgan fingerprint density at radius 2 is 1.52 bits per heavy atom. The van der Waals surface area contributed by atoms with Gasteiger partial charge in [0.15, 0.2) is 12.7 Å². The quantitative estimate of drug-likeness (QED) is 0.122. The zero-order valence-electron chi connectivity index (χ0n) is 24.2. The molecule has 0 fully saturated rings. The van der Waals surface area contributed by atoms with Gasteiger partial charge in [0.25, 0.3) is 0 Å². The zero-order valence-corrected chi connectivity index (χ0v) is 27.4. The average Bonchev–Trinajstić information content (AvgIpc) is 3.33. The lowest BCUT2D eigenvalue weighted by Gasteiger charge is -2.13. The summed E-state index contributed by atoms with van der Waals surface area (Å²) in [6, 6.07) is 13.6. The summed E-state index contributed by atoms with van der Waals surface area (Å²) in [7, 11) is 0. The Balaban J connectivity index is 0.00000560. The number of carbonyl (C=O) groups excluding carboxylic acids is 1. The molecule has 1 amide bonds. The number of nitrogens with zero attached hydrogens (tertiary/aromatic N) is 1. The van der Waals surface area contributed by atoms with Crippen LogP contribution in [-0.2, 0) is 17.8 Å². The maximum Gasteiger partial charge on any atom is 0.228 e. The molecule has 3 aromatic rings. The van der Waals surface area contributed by atoms with E-state index in [-0.39, 0.29) is 29.3 Å². The number of amides is 1. The minimum Gasteiger partial charge on any atom is -1.00 e. The first-order valence-electron chi connectivity index (χ1n) is 14.8. The van der Waals surface area contributed by atoms with E-state index in [1.54, 1.807) is 11.3 Å². The van der Waals surface area contributed by atoms with Gasteiger partial charge in [-0.2, -0.15) is 4.57 Å². The van der Waals surface area contributed by atoms with Crippen LogP contribution in [0.2, 0.25) is 5.02 Å². The SMILES string of the molecule is CCCCCCCCCCCCCCOc1cc(Cl)ccc1CC(=O)Nc1ccc(C[n+]2csc(C)c2)cc1.[Br-]. The number of benzene rings is 2.